The Kier molecular flexibility index (Phi) is 7.16. The molecule has 0 aliphatic carbocycles. The molecule has 3 rings (SSSR count). The lowest BCUT2D eigenvalue weighted by molar-refractivity contribution is -0.129. The van der Waals surface area contributed by atoms with Crippen LogP contribution in [-0.4, -0.2) is 48.1 Å². The van der Waals surface area contributed by atoms with Gasteiger partial charge in [-0.25, -0.2) is 4.39 Å². The number of benzene rings is 1. The van der Waals surface area contributed by atoms with Crippen LogP contribution in [0.5, 0.6) is 5.75 Å². The molecule has 5 nitrogen and oxygen atoms in total. The number of aromatic nitrogens is 1. The van der Waals surface area contributed by atoms with Crippen molar-refractivity contribution in [3.8, 4) is 5.75 Å². The molecule has 0 saturated carbocycles. The standard InChI is InChI=1S/C21H26FN3O2/c22-17-4-7-20(8-5-17)27-16-14-23-13-10-19-6-9-21(26)25(19)15-11-18-3-1-2-12-24-18/h1-5,7-8,12,19,23H,6,9-11,13-16H2. The van der Waals surface area contributed by atoms with Crippen molar-refractivity contribution in [3.05, 3.63) is 60.2 Å². The van der Waals surface area contributed by atoms with Gasteiger partial charge in [0.05, 0.1) is 0 Å². The van der Waals surface area contributed by atoms with E-state index in [1.807, 2.05) is 23.1 Å². The van der Waals surface area contributed by atoms with E-state index in [0.717, 1.165) is 38.0 Å². The van der Waals surface area contributed by atoms with Gasteiger partial charge in [0.2, 0.25) is 5.91 Å². The first-order valence-corrected chi connectivity index (χ1v) is 9.51. The number of nitrogens with zero attached hydrogens (tertiary/aromatic N) is 2. The first-order chi connectivity index (χ1) is 13.2. The SMILES string of the molecule is O=C1CCC(CCNCCOc2ccc(F)cc2)N1CCc1ccccn1. The lowest BCUT2D eigenvalue weighted by atomic mass is 10.1. The summed E-state index contributed by atoms with van der Waals surface area (Å²) in [7, 11) is 0. The number of halogens is 1. The fraction of sp³-hybridized carbons (Fsp3) is 0.429. The summed E-state index contributed by atoms with van der Waals surface area (Å²) in [6.07, 6.45) is 5.08. The number of ether oxygens (including phenoxy) is 1. The molecule has 1 atom stereocenters. The van der Waals surface area contributed by atoms with Crippen LogP contribution in [0.3, 0.4) is 0 Å². The molecule has 0 spiro atoms. The second-order valence-electron chi connectivity index (χ2n) is 6.69. The average molecular weight is 371 g/mol. The normalized spacial score (nSPS) is 16.7. The Morgan fingerprint density at radius 3 is 2.81 bits per heavy atom. The molecule has 1 aromatic carbocycles. The number of amides is 1. The Morgan fingerprint density at radius 1 is 1.19 bits per heavy atom. The molecule has 27 heavy (non-hydrogen) atoms. The third-order valence-corrected chi connectivity index (χ3v) is 4.80. The van der Waals surface area contributed by atoms with Crippen LogP contribution in [0, 0.1) is 5.82 Å². The molecule has 0 radical (unpaired) electrons. The zero-order valence-electron chi connectivity index (χ0n) is 15.4. The van der Waals surface area contributed by atoms with Crippen LogP contribution in [0.1, 0.15) is 25.0 Å². The van der Waals surface area contributed by atoms with E-state index in [1.165, 1.54) is 12.1 Å². The van der Waals surface area contributed by atoms with E-state index in [-0.39, 0.29) is 11.7 Å². The van der Waals surface area contributed by atoms with Gasteiger partial charge in [-0.2, -0.15) is 0 Å². The first kappa shape index (κ1) is 19.3. The fourth-order valence-corrected chi connectivity index (χ4v) is 3.35. The molecule has 2 heterocycles. The van der Waals surface area contributed by atoms with Crippen molar-refractivity contribution in [1.29, 1.82) is 0 Å². The summed E-state index contributed by atoms with van der Waals surface area (Å²) in [5, 5.41) is 3.35. The van der Waals surface area contributed by atoms with E-state index < -0.39 is 0 Å². The van der Waals surface area contributed by atoms with Crippen molar-refractivity contribution >= 4 is 5.91 Å². The van der Waals surface area contributed by atoms with Crippen LogP contribution < -0.4 is 10.1 Å². The van der Waals surface area contributed by atoms with Crippen LogP contribution in [0.2, 0.25) is 0 Å². The zero-order chi connectivity index (χ0) is 18.9. The third kappa shape index (κ3) is 6.03. The van der Waals surface area contributed by atoms with Gasteiger partial charge >= 0.3 is 0 Å². The molecule has 1 aliphatic rings. The van der Waals surface area contributed by atoms with Gasteiger partial charge in [-0.3, -0.25) is 9.78 Å². The summed E-state index contributed by atoms with van der Waals surface area (Å²) < 4.78 is 18.4. The van der Waals surface area contributed by atoms with Crippen molar-refractivity contribution in [2.75, 3.05) is 26.2 Å². The quantitative estimate of drug-likeness (QED) is 0.653. The maximum atomic E-state index is 12.8. The largest absolute Gasteiger partial charge is 0.492 e. The number of nitrogens with one attached hydrogen (secondary N) is 1. The summed E-state index contributed by atoms with van der Waals surface area (Å²) in [5.41, 5.74) is 1.02. The predicted molar refractivity (Wildman–Crippen MR) is 102 cm³/mol. The van der Waals surface area contributed by atoms with Gasteiger partial charge in [-0.05, 0) is 55.8 Å². The van der Waals surface area contributed by atoms with Crippen molar-refractivity contribution < 1.29 is 13.9 Å². The van der Waals surface area contributed by atoms with Gasteiger partial charge in [0.1, 0.15) is 18.2 Å². The van der Waals surface area contributed by atoms with Crippen molar-refractivity contribution in [2.24, 2.45) is 0 Å². The molecule has 6 heteroatoms. The molecule has 2 aromatic rings. The topological polar surface area (TPSA) is 54.5 Å². The Morgan fingerprint density at radius 2 is 2.04 bits per heavy atom. The molecule has 144 valence electrons. The van der Waals surface area contributed by atoms with E-state index in [1.54, 1.807) is 18.3 Å². The highest BCUT2D eigenvalue weighted by atomic mass is 19.1. The molecule has 0 bridgehead atoms. The van der Waals surface area contributed by atoms with Gasteiger partial charge in [-0.1, -0.05) is 6.07 Å². The Labute approximate surface area is 159 Å². The molecule has 1 aromatic heterocycles. The summed E-state index contributed by atoms with van der Waals surface area (Å²) >= 11 is 0. The molecule has 1 fully saturated rings. The third-order valence-electron chi connectivity index (χ3n) is 4.80. The molecular weight excluding hydrogens is 345 g/mol. The zero-order valence-corrected chi connectivity index (χ0v) is 15.4. The van der Waals surface area contributed by atoms with E-state index in [0.29, 0.717) is 31.4 Å². The second-order valence-corrected chi connectivity index (χ2v) is 6.69. The van der Waals surface area contributed by atoms with Crippen LogP contribution in [0.4, 0.5) is 4.39 Å². The molecule has 1 unspecified atom stereocenters. The maximum Gasteiger partial charge on any atom is 0.222 e. The molecule has 1 N–H and O–H groups in total. The van der Waals surface area contributed by atoms with E-state index in [9.17, 15) is 9.18 Å². The molecular formula is C21H26FN3O2. The number of rotatable bonds is 10. The van der Waals surface area contributed by atoms with Gasteiger partial charge in [0, 0.05) is 43.9 Å². The average Bonchev–Trinajstić information content (AvgIpc) is 3.04. The smallest absolute Gasteiger partial charge is 0.222 e. The minimum absolute atomic E-state index is 0.246. The number of hydrogen-bond acceptors (Lipinski definition) is 4. The predicted octanol–water partition coefficient (Wildman–Crippen LogP) is 2.81. The monoisotopic (exact) mass is 371 g/mol. The summed E-state index contributed by atoms with van der Waals surface area (Å²) in [6.45, 7) is 2.81. The first-order valence-electron chi connectivity index (χ1n) is 9.51. The molecule has 1 aliphatic heterocycles. The summed E-state index contributed by atoms with van der Waals surface area (Å²) in [4.78, 5) is 18.5. The van der Waals surface area contributed by atoms with E-state index in [4.69, 9.17) is 4.74 Å². The van der Waals surface area contributed by atoms with E-state index >= 15 is 0 Å². The Balaban J connectivity index is 1.33. The van der Waals surface area contributed by atoms with Crippen molar-refractivity contribution in [3.63, 3.8) is 0 Å². The number of likely N-dealkylation sites (tertiary alicyclic amines) is 1. The van der Waals surface area contributed by atoms with E-state index in [2.05, 4.69) is 10.3 Å². The fourth-order valence-electron chi connectivity index (χ4n) is 3.35. The van der Waals surface area contributed by atoms with Crippen LogP contribution in [0.15, 0.2) is 48.7 Å². The van der Waals surface area contributed by atoms with Crippen LogP contribution in [-0.2, 0) is 11.2 Å². The lowest BCUT2D eigenvalue weighted by Crippen LogP contribution is -2.37. The van der Waals surface area contributed by atoms with Crippen molar-refractivity contribution in [2.45, 2.75) is 31.7 Å². The van der Waals surface area contributed by atoms with Crippen LogP contribution >= 0.6 is 0 Å². The number of hydrogen-bond donors (Lipinski definition) is 1. The lowest BCUT2D eigenvalue weighted by Gasteiger charge is -2.25. The highest BCUT2D eigenvalue weighted by Gasteiger charge is 2.29. The van der Waals surface area contributed by atoms with Crippen molar-refractivity contribution in [1.82, 2.24) is 15.2 Å². The Bertz CT molecular complexity index is 709. The number of carbonyl (C=O) groups is 1. The second kappa shape index (κ2) is 10.0. The number of carbonyl (C=O) groups excluding carboxylic acids is 1. The molecule has 1 saturated heterocycles. The van der Waals surface area contributed by atoms with Gasteiger partial charge < -0.3 is 15.0 Å². The highest BCUT2D eigenvalue weighted by Crippen LogP contribution is 2.21. The van der Waals surface area contributed by atoms with Crippen LogP contribution in [0.25, 0.3) is 0 Å². The summed E-state index contributed by atoms with van der Waals surface area (Å²) in [6, 6.07) is 12.2. The van der Waals surface area contributed by atoms with Gasteiger partial charge in [0.15, 0.2) is 0 Å². The minimum Gasteiger partial charge on any atom is -0.492 e. The minimum atomic E-state index is -0.265. The van der Waals surface area contributed by atoms with Gasteiger partial charge in [0.25, 0.3) is 0 Å². The molecule has 1 amide bonds. The number of pyridine rings is 1. The summed E-state index contributed by atoms with van der Waals surface area (Å²) in [5.74, 6) is 0.648. The maximum absolute atomic E-state index is 12.8. The highest BCUT2D eigenvalue weighted by molar-refractivity contribution is 5.78. The van der Waals surface area contributed by atoms with Gasteiger partial charge in [-0.15, -0.1) is 0 Å². The Hall–Kier alpha value is -2.47.